The molecule has 0 saturated carbocycles. The summed E-state index contributed by atoms with van der Waals surface area (Å²) < 4.78 is 16.9. The zero-order valence-electron chi connectivity index (χ0n) is 13.1. The molecule has 0 bridgehead atoms. The smallest absolute Gasteiger partial charge is 0.271 e. The van der Waals surface area contributed by atoms with Crippen LogP contribution in [0.3, 0.4) is 0 Å². The summed E-state index contributed by atoms with van der Waals surface area (Å²) in [5.74, 6) is -0.363. The lowest BCUT2D eigenvalue weighted by molar-refractivity contribution is -0.119. The third-order valence-corrected chi connectivity index (χ3v) is 6.16. The first-order chi connectivity index (χ1) is 10.8. The second kappa shape index (κ2) is 7.35. The zero-order chi connectivity index (χ0) is 17.0. The number of carbonyl (C=O) groups is 1. The molecule has 4 N–H and O–H groups in total. The maximum absolute atomic E-state index is 12.8. The van der Waals surface area contributed by atoms with E-state index in [9.17, 15) is 9.00 Å². The van der Waals surface area contributed by atoms with Gasteiger partial charge in [-0.2, -0.15) is 0 Å². The lowest BCUT2D eigenvalue weighted by Crippen LogP contribution is -2.32. The van der Waals surface area contributed by atoms with Crippen LogP contribution in [0, 0.1) is 5.92 Å². The molecule has 0 radical (unpaired) electrons. The van der Waals surface area contributed by atoms with Crippen LogP contribution >= 0.6 is 11.3 Å². The summed E-state index contributed by atoms with van der Waals surface area (Å²) in [6, 6.07) is 10.5. The molecule has 1 heterocycles. The van der Waals surface area contributed by atoms with Gasteiger partial charge in [0.25, 0.3) is 5.91 Å². The fraction of sp³-hybridized carbons (Fsp3) is 0.312. The fourth-order valence-corrected chi connectivity index (χ4v) is 4.66. The van der Waals surface area contributed by atoms with Crippen molar-refractivity contribution in [2.75, 3.05) is 0 Å². The molecule has 0 saturated heterocycles. The molecule has 0 spiro atoms. The quantitative estimate of drug-likeness (QED) is 0.866. The van der Waals surface area contributed by atoms with E-state index in [0.29, 0.717) is 10.6 Å². The third kappa shape index (κ3) is 4.48. The number of hydrogen-bond acceptors (Lipinski definition) is 4. The second-order valence-corrected chi connectivity index (χ2v) is 8.62. The van der Waals surface area contributed by atoms with Gasteiger partial charge in [0, 0.05) is 5.56 Å². The number of nitrogens with two attached hydrogens (primary N) is 2. The van der Waals surface area contributed by atoms with Crippen LogP contribution in [0.5, 0.6) is 0 Å². The van der Waals surface area contributed by atoms with Crippen LogP contribution in [0.4, 0.5) is 0 Å². The molecule has 1 unspecified atom stereocenters. The maximum atomic E-state index is 12.8. The predicted molar refractivity (Wildman–Crippen MR) is 95.2 cm³/mol. The molecule has 23 heavy (non-hydrogen) atoms. The monoisotopic (exact) mass is 351 g/mol. The van der Waals surface area contributed by atoms with Crippen molar-refractivity contribution < 1.29 is 9.00 Å². The molecule has 1 aromatic heterocycles. The van der Waals surface area contributed by atoms with Crippen LogP contribution in [-0.2, 0) is 14.7 Å². The first-order valence-electron chi connectivity index (χ1n) is 7.28. The summed E-state index contributed by atoms with van der Waals surface area (Å²) in [7, 11) is -3.31. The van der Waals surface area contributed by atoms with Crippen LogP contribution in [0.2, 0.25) is 0 Å². The average Bonchev–Trinajstić information content (AvgIpc) is 2.97. The number of benzene rings is 1. The van der Waals surface area contributed by atoms with Gasteiger partial charge in [0.15, 0.2) is 9.92 Å². The molecule has 0 aliphatic heterocycles. The highest BCUT2D eigenvalue weighted by atomic mass is 32.2. The number of rotatable bonds is 5. The van der Waals surface area contributed by atoms with E-state index in [4.69, 9.17) is 10.9 Å². The van der Waals surface area contributed by atoms with Gasteiger partial charge in [0.1, 0.15) is 4.21 Å². The Hall–Kier alpha value is -1.54. The topological polar surface area (TPSA) is 98.5 Å². The first-order valence-corrected chi connectivity index (χ1v) is 9.74. The Morgan fingerprint density at radius 1 is 1.26 bits per heavy atom. The molecular formula is C16H21N3O2S2. The fourth-order valence-electron chi connectivity index (χ4n) is 2.21. The summed E-state index contributed by atoms with van der Waals surface area (Å²) >= 11 is 1.23. The Kier molecular flexibility index (Phi) is 5.69. The van der Waals surface area contributed by atoms with Gasteiger partial charge in [-0.1, -0.05) is 44.2 Å². The van der Waals surface area contributed by atoms with E-state index < -0.39 is 21.9 Å². The van der Waals surface area contributed by atoms with Crippen molar-refractivity contribution in [1.29, 1.82) is 0 Å². The average molecular weight is 351 g/mol. The predicted octanol–water partition coefficient (Wildman–Crippen LogP) is 3.02. The maximum Gasteiger partial charge on any atom is 0.271 e. The van der Waals surface area contributed by atoms with Crippen molar-refractivity contribution >= 4 is 27.2 Å². The number of nitrogens with zero attached hydrogens (tertiary/aromatic N) is 1. The minimum atomic E-state index is -3.31. The Morgan fingerprint density at radius 2 is 1.91 bits per heavy atom. The number of thiophene rings is 1. The van der Waals surface area contributed by atoms with E-state index in [2.05, 4.69) is 4.36 Å². The number of hydrogen-bond donors (Lipinski definition) is 2. The van der Waals surface area contributed by atoms with Crippen molar-refractivity contribution in [3.8, 4) is 11.1 Å². The molecule has 1 amide bonds. The Labute approximate surface area is 141 Å². The molecular weight excluding hydrogens is 330 g/mol. The summed E-state index contributed by atoms with van der Waals surface area (Å²) in [5.41, 5.74) is 7.43. The van der Waals surface area contributed by atoms with Crippen molar-refractivity contribution in [3.63, 3.8) is 0 Å². The largest absolute Gasteiger partial charge is 0.320 e. The summed E-state index contributed by atoms with van der Waals surface area (Å²) in [6.45, 7) is 3.92. The highest BCUT2D eigenvalue weighted by Crippen LogP contribution is 2.32. The van der Waals surface area contributed by atoms with Crippen LogP contribution < -0.4 is 10.9 Å². The standard InChI is InChI=1S/C16H21N3O2S2/c1-11(2)10-14(17)15(20)19-23(18,21)16-13(8-9-22-16)12-6-4-3-5-7-12/h3-9,11,14H,10,17H2,1-2H3,(H2,18,19,20,21)/t14-,23?/m0/s1. The minimum absolute atomic E-state index is 0.250. The number of carbonyl (C=O) groups excluding carboxylic acids is 1. The highest BCUT2D eigenvalue weighted by Gasteiger charge is 2.21. The van der Waals surface area contributed by atoms with E-state index in [1.165, 1.54) is 11.3 Å². The second-order valence-electron chi connectivity index (χ2n) is 5.72. The molecule has 124 valence electrons. The highest BCUT2D eigenvalue weighted by molar-refractivity contribution is 7.93. The van der Waals surface area contributed by atoms with E-state index in [1.54, 1.807) is 5.38 Å². The van der Waals surface area contributed by atoms with Gasteiger partial charge in [-0.3, -0.25) is 4.79 Å². The summed E-state index contributed by atoms with van der Waals surface area (Å²) in [4.78, 5) is 12.1. The number of amides is 1. The van der Waals surface area contributed by atoms with E-state index in [0.717, 1.165) is 11.1 Å². The minimum Gasteiger partial charge on any atom is -0.320 e. The van der Waals surface area contributed by atoms with E-state index >= 15 is 0 Å². The lowest BCUT2D eigenvalue weighted by atomic mass is 10.0. The van der Waals surface area contributed by atoms with Crippen LogP contribution in [0.15, 0.2) is 50.4 Å². The van der Waals surface area contributed by atoms with E-state index in [-0.39, 0.29) is 5.92 Å². The van der Waals surface area contributed by atoms with Crippen molar-refractivity contribution in [2.24, 2.45) is 21.2 Å². The van der Waals surface area contributed by atoms with Crippen LogP contribution in [0.25, 0.3) is 11.1 Å². The van der Waals surface area contributed by atoms with Gasteiger partial charge in [-0.05, 0) is 29.3 Å². The molecule has 1 aromatic carbocycles. The molecule has 7 heteroatoms. The van der Waals surface area contributed by atoms with Gasteiger partial charge >= 0.3 is 0 Å². The van der Waals surface area contributed by atoms with Crippen LogP contribution in [0.1, 0.15) is 20.3 Å². The van der Waals surface area contributed by atoms with Gasteiger partial charge < -0.3 is 5.73 Å². The van der Waals surface area contributed by atoms with Crippen molar-refractivity contribution in [2.45, 2.75) is 30.5 Å². The third-order valence-electron chi connectivity index (χ3n) is 3.25. The molecule has 2 aromatic rings. The van der Waals surface area contributed by atoms with Gasteiger partial charge in [0.05, 0.1) is 6.04 Å². The van der Waals surface area contributed by atoms with Gasteiger partial charge in [-0.15, -0.1) is 15.7 Å². The summed E-state index contributed by atoms with van der Waals surface area (Å²) in [6.07, 6.45) is 0.480. The first kappa shape index (κ1) is 17.8. The molecule has 2 atom stereocenters. The SMILES string of the molecule is CC(C)C[C@H](N)C(=O)N=S(N)(=O)c1sccc1-c1ccccc1. The van der Waals surface area contributed by atoms with Crippen molar-refractivity contribution in [3.05, 3.63) is 41.8 Å². The molecule has 5 nitrogen and oxygen atoms in total. The Morgan fingerprint density at radius 3 is 2.52 bits per heavy atom. The zero-order valence-corrected chi connectivity index (χ0v) is 14.8. The van der Waals surface area contributed by atoms with Gasteiger partial charge in [-0.25, -0.2) is 9.35 Å². The Balaban J connectivity index is 2.38. The molecule has 0 fully saturated rings. The normalized spacial score (nSPS) is 15.2. The molecule has 2 rings (SSSR count). The van der Waals surface area contributed by atoms with Crippen LogP contribution in [-0.4, -0.2) is 16.2 Å². The van der Waals surface area contributed by atoms with Crippen molar-refractivity contribution in [1.82, 2.24) is 0 Å². The summed E-state index contributed by atoms with van der Waals surface area (Å²) in [5, 5.41) is 7.68. The lowest BCUT2D eigenvalue weighted by Gasteiger charge is -2.11. The van der Waals surface area contributed by atoms with E-state index in [1.807, 2.05) is 50.2 Å². The Bertz CT molecular complexity index is 791. The van der Waals surface area contributed by atoms with Gasteiger partial charge in [0.2, 0.25) is 0 Å². The molecule has 0 aliphatic rings. The molecule has 0 aliphatic carbocycles.